The molecule has 2 aromatic rings. The van der Waals surface area contributed by atoms with Crippen molar-refractivity contribution in [3.05, 3.63) is 55.9 Å². The van der Waals surface area contributed by atoms with Gasteiger partial charge in [-0.05, 0) is 29.1 Å². The number of hydrogen-bond acceptors (Lipinski definition) is 2. The highest BCUT2D eigenvalue weighted by molar-refractivity contribution is 7.12. The van der Waals surface area contributed by atoms with Gasteiger partial charge in [-0.2, -0.15) is 0 Å². The van der Waals surface area contributed by atoms with Crippen molar-refractivity contribution >= 4 is 40.3 Å². The maximum atomic E-state index is 13.2. The van der Waals surface area contributed by atoms with E-state index in [2.05, 4.69) is 0 Å². The summed E-state index contributed by atoms with van der Waals surface area (Å²) in [7, 11) is 0. The van der Waals surface area contributed by atoms with Crippen LogP contribution in [0.25, 0.3) is 0 Å². The molecule has 0 aliphatic heterocycles. The molecule has 0 saturated carbocycles. The van der Waals surface area contributed by atoms with Gasteiger partial charge in [0.2, 0.25) is 0 Å². The second kappa shape index (κ2) is 5.17. The first-order valence-electron chi connectivity index (χ1n) is 4.78. The topological polar surface area (TPSA) is 17.1 Å². The summed E-state index contributed by atoms with van der Waals surface area (Å²) in [5, 5.41) is 2.24. The monoisotopic (exact) mass is 288 g/mol. The number of carbonyl (C=O) groups is 1. The summed E-state index contributed by atoms with van der Waals surface area (Å²) >= 11 is 12.7. The van der Waals surface area contributed by atoms with Crippen molar-refractivity contribution in [2.24, 2.45) is 0 Å². The van der Waals surface area contributed by atoms with Crippen molar-refractivity contribution in [1.29, 1.82) is 0 Å². The van der Waals surface area contributed by atoms with E-state index in [1.165, 1.54) is 23.5 Å². The normalized spacial score (nSPS) is 10.5. The fraction of sp³-hybridized carbons (Fsp3) is 0.0833. The minimum Gasteiger partial charge on any atom is -0.293 e. The summed E-state index contributed by atoms with van der Waals surface area (Å²) in [6.45, 7) is 0. The fourth-order valence-electron chi connectivity index (χ4n) is 1.41. The Balaban J connectivity index is 2.19. The number of ketones is 1. The average Bonchev–Trinajstić information content (AvgIpc) is 2.70. The van der Waals surface area contributed by atoms with Crippen LogP contribution in [0.3, 0.4) is 0 Å². The van der Waals surface area contributed by atoms with Gasteiger partial charge in [0.1, 0.15) is 5.82 Å². The molecule has 1 heterocycles. The maximum absolute atomic E-state index is 13.2. The predicted octanol–water partition coefficient (Wildman–Crippen LogP) is 4.62. The lowest BCUT2D eigenvalue weighted by molar-refractivity contribution is 0.0997. The van der Waals surface area contributed by atoms with Crippen molar-refractivity contribution in [2.45, 2.75) is 6.42 Å². The zero-order valence-electron chi connectivity index (χ0n) is 8.54. The van der Waals surface area contributed by atoms with Crippen LogP contribution in [0.15, 0.2) is 29.6 Å². The van der Waals surface area contributed by atoms with Crippen LogP contribution in [0.4, 0.5) is 4.39 Å². The van der Waals surface area contributed by atoms with Gasteiger partial charge in [0.05, 0.1) is 14.9 Å². The number of halogens is 3. The first-order chi connectivity index (χ1) is 8.08. The number of hydrogen-bond donors (Lipinski definition) is 0. The molecule has 0 amide bonds. The minimum absolute atomic E-state index is 0.0513. The fourth-order valence-corrected chi connectivity index (χ4v) is 2.63. The van der Waals surface area contributed by atoms with Crippen LogP contribution in [0.5, 0.6) is 0 Å². The predicted molar refractivity (Wildman–Crippen MR) is 68.8 cm³/mol. The molecule has 0 aliphatic rings. The third-order valence-electron chi connectivity index (χ3n) is 2.22. The van der Waals surface area contributed by atoms with Crippen LogP contribution in [0.1, 0.15) is 15.2 Å². The van der Waals surface area contributed by atoms with E-state index in [1.54, 1.807) is 17.5 Å². The number of rotatable bonds is 3. The molecule has 0 unspecified atom stereocenters. The molecule has 0 atom stereocenters. The van der Waals surface area contributed by atoms with Crippen LogP contribution in [0, 0.1) is 5.82 Å². The summed E-state index contributed by atoms with van der Waals surface area (Å²) in [6.07, 6.45) is 0.119. The van der Waals surface area contributed by atoms with Gasteiger partial charge in [-0.15, -0.1) is 11.3 Å². The summed E-state index contributed by atoms with van der Waals surface area (Å²) in [4.78, 5) is 12.4. The minimum atomic E-state index is -0.519. The van der Waals surface area contributed by atoms with E-state index in [0.29, 0.717) is 15.5 Å². The summed E-state index contributed by atoms with van der Waals surface area (Å²) in [6, 6.07) is 6.00. The lowest BCUT2D eigenvalue weighted by Crippen LogP contribution is -2.02. The molecule has 0 fully saturated rings. The van der Waals surface area contributed by atoms with Gasteiger partial charge in [0, 0.05) is 6.42 Å². The number of benzene rings is 1. The van der Waals surface area contributed by atoms with Gasteiger partial charge in [-0.25, -0.2) is 4.39 Å². The van der Waals surface area contributed by atoms with Crippen LogP contribution in [-0.2, 0) is 6.42 Å². The Bertz CT molecular complexity index is 565. The van der Waals surface area contributed by atoms with E-state index in [4.69, 9.17) is 23.2 Å². The highest BCUT2D eigenvalue weighted by Gasteiger charge is 2.13. The molecule has 0 saturated heterocycles. The third kappa shape index (κ3) is 2.86. The first-order valence-corrected chi connectivity index (χ1v) is 6.41. The van der Waals surface area contributed by atoms with E-state index >= 15 is 0 Å². The lowest BCUT2D eigenvalue weighted by Gasteiger charge is -2.01. The van der Waals surface area contributed by atoms with Gasteiger partial charge in [-0.3, -0.25) is 4.79 Å². The SMILES string of the molecule is O=C(Cc1ccc(Cl)c(F)c1)c1sccc1Cl. The number of Topliss-reactive ketones (excluding diaryl/α,β-unsaturated/α-hetero) is 1. The standard InChI is InChI=1S/C12H7Cl2FOS/c13-8-2-1-7(5-10(8)15)6-11(16)12-9(14)3-4-17-12/h1-5H,6H2. The van der Waals surface area contributed by atoms with E-state index in [-0.39, 0.29) is 17.2 Å². The zero-order valence-corrected chi connectivity index (χ0v) is 10.9. The molecule has 1 aromatic heterocycles. The van der Waals surface area contributed by atoms with E-state index in [9.17, 15) is 9.18 Å². The molecular weight excluding hydrogens is 282 g/mol. The smallest absolute Gasteiger partial charge is 0.178 e. The average molecular weight is 289 g/mol. The molecule has 0 N–H and O–H groups in total. The van der Waals surface area contributed by atoms with Crippen LogP contribution in [0.2, 0.25) is 10.0 Å². The molecule has 1 aromatic carbocycles. The van der Waals surface area contributed by atoms with Crippen molar-refractivity contribution in [2.75, 3.05) is 0 Å². The molecular formula is C12H7Cl2FOS. The molecule has 2 rings (SSSR count). The summed E-state index contributed by atoms with van der Waals surface area (Å²) in [5.41, 5.74) is 0.585. The largest absolute Gasteiger partial charge is 0.293 e. The van der Waals surface area contributed by atoms with Gasteiger partial charge >= 0.3 is 0 Å². The number of thiophene rings is 1. The highest BCUT2D eigenvalue weighted by Crippen LogP contribution is 2.24. The molecule has 5 heteroatoms. The van der Waals surface area contributed by atoms with E-state index in [1.807, 2.05) is 0 Å². The lowest BCUT2D eigenvalue weighted by atomic mass is 10.1. The Hall–Kier alpha value is -0.900. The zero-order chi connectivity index (χ0) is 12.4. The van der Waals surface area contributed by atoms with Crippen LogP contribution >= 0.6 is 34.5 Å². The highest BCUT2D eigenvalue weighted by atomic mass is 35.5. The summed E-state index contributed by atoms with van der Waals surface area (Å²) in [5.74, 6) is -0.638. The first kappa shape index (κ1) is 12.6. The molecule has 1 nitrogen and oxygen atoms in total. The quantitative estimate of drug-likeness (QED) is 0.753. The van der Waals surface area contributed by atoms with Crippen LogP contribution < -0.4 is 0 Å². The Labute approximate surface area is 112 Å². The van der Waals surface area contributed by atoms with Crippen LogP contribution in [-0.4, -0.2) is 5.78 Å². The van der Waals surface area contributed by atoms with Gasteiger partial charge in [0.25, 0.3) is 0 Å². The van der Waals surface area contributed by atoms with Crippen molar-refractivity contribution in [1.82, 2.24) is 0 Å². The maximum Gasteiger partial charge on any atom is 0.178 e. The Kier molecular flexibility index (Phi) is 3.82. The molecule has 0 bridgehead atoms. The molecule has 17 heavy (non-hydrogen) atoms. The van der Waals surface area contributed by atoms with Crippen molar-refractivity contribution in [3.63, 3.8) is 0 Å². The van der Waals surface area contributed by atoms with Gasteiger partial charge < -0.3 is 0 Å². The molecule has 0 spiro atoms. The Morgan fingerprint density at radius 3 is 2.59 bits per heavy atom. The molecule has 0 aliphatic carbocycles. The second-order valence-electron chi connectivity index (χ2n) is 3.45. The van der Waals surface area contributed by atoms with E-state index in [0.717, 1.165) is 0 Å². The molecule has 88 valence electrons. The van der Waals surface area contributed by atoms with Crippen molar-refractivity contribution in [3.8, 4) is 0 Å². The summed E-state index contributed by atoms with van der Waals surface area (Å²) < 4.78 is 13.2. The van der Waals surface area contributed by atoms with E-state index < -0.39 is 5.82 Å². The van der Waals surface area contributed by atoms with Gasteiger partial charge in [0.15, 0.2) is 5.78 Å². The van der Waals surface area contributed by atoms with Gasteiger partial charge in [-0.1, -0.05) is 29.3 Å². The Morgan fingerprint density at radius 2 is 2.00 bits per heavy atom. The second-order valence-corrected chi connectivity index (χ2v) is 5.18. The molecule has 0 radical (unpaired) electrons. The third-order valence-corrected chi connectivity index (χ3v) is 3.91. The Morgan fingerprint density at radius 1 is 1.24 bits per heavy atom. The number of carbonyl (C=O) groups excluding carboxylic acids is 1. The van der Waals surface area contributed by atoms with Crippen molar-refractivity contribution < 1.29 is 9.18 Å².